The lowest BCUT2D eigenvalue weighted by Crippen LogP contribution is -2.38. The van der Waals surface area contributed by atoms with Crippen LogP contribution in [-0.4, -0.2) is 44.3 Å². The zero-order valence-corrected chi connectivity index (χ0v) is 18.1. The Morgan fingerprint density at radius 2 is 2.10 bits per heavy atom. The van der Waals surface area contributed by atoms with E-state index in [1.165, 1.54) is 7.11 Å². The van der Waals surface area contributed by atoms with Crippen molar-refractivity contribution in [1.82, 2.24) is 4.98 Å². The van der Waals surface area contributed by atoms with Gasteiger partial charge in [-0.15, -0.1) is 11.3 Å². The van der Waals surface area contributed by atoms with E-state index in [1.807, 2.05) is 29.6 Å². The van der Waals surface area contributed by atoms with Gasteiger partial charge in [-0.3, -0.25) is 4.79 Å². The lowest BCUT2D eigenvalue weighted by molar-refractivity contribution is -0.121. The van der Waals surface area contributed by atoms with E-state index >= 15 is 0 Å². The molecule has 3 aromatic rings. The molecule has 8 heteroatoms. The molecule has 160 valence electrons. The highest BCUT2D eigenvalue weighted by Gasteiger charge is 2.26. The molecule has 1 aliphatic rings. The average Bonchev–Trinajstić information content (AvgIpc) is 3.28. The fourth-order valence-electron chi connectivity index (χ4n) is 3.38. The second kappa shape index (κ2) is 9.28. The van der Waals surface area contributed by atoms with Crippen molar-refractivity contribution >= 4 is 28.9 Å². The summed E-state index contributed by atoms with van der Waals surface area (Å²) in [6.07, 6.45) is 0.760. The number of nitrogens with zero attached hydrogens (tertiary/aromatic N) is 2. The van der Waals surface area contributed by atoms with E-state index in [-0.39, 0.29) is 12.5 Å². The maximum absolute atomic E-state index is 12.7. The van der Waals surface area contributed by atoms with Crippen LogP contribution in [0.3, 0.4) is 0 Å². The molecule has 0 saturated carbocycles. The molecule has 0 saturated heterocycles. The summed E-state index contributed by atoms with van der Waals surface area (Å²) < 4.78 is 15.6. The van der Waals surface area contributed by atoms with Gasteiger partial charge in [0.2, 0.25) is 0 Å². The number of carbonyl (C=O) groups is 2. The Labute approximate surface area is 184 Å². The SMILES string of the molecule is COCCc1nc(-c2ccc3c(c2)N(Cc2cccc(C(=O)OC)c2)C(=O)CO3)cs1. The van der Waals surface area contributed by atoms with Crippen molar-refractivity contribution in [2.24, 2.45) is 0 Å². The van der Waals surface area contributed by atoms with Crippen molar-refractivity contribution < 1.29 is 23.8 Å². The fraction of sp³-hybridized carbons (Fsp3) is 0.261. The van der Waals surface area contributed by atoms with Crippen LogP contribution in [0.1, 0.15) is 20.9 Å². The molecule has 7 nitrogen and oxygen atoms in total. The molecule has 1 aromatic heterocycles. The topological polar surface area (TPSA) is 78.0 Å². The first-order valence-electron chi connectivity index (χ1n) is 9.77. The first-order valence-corrected chi connectivity index (χ1v) is 10.6. The Morgan fingerprint density at radius 1 is 1.23 bits per heavy atom. The number of thiazole rings is 1. The third kappa shape index (κ3) is 4.60. The van der Waals surface area contributed by atoms with Crippen LogP contribution in [0.25, 0.3) is 11.3 Å². The van der Waals surface area contributed by atoms with E-state index in [4.69, 9.17) is 14.2 Å². The van der Waals surface area contributed by atoms with Crippen LogP contribution in [-0.2, 0) is 27.2 Å². The van der Waals surface area contributed by atoms with Crippen molar-refractivity contribution in [3.63, 3.8) is 0 Å². The third-order valence-corrected chi connectivity index (χ3v) is 5.87. The number of anilines is 1. The summed E-state index contributed by atoms with van der Waals surface area (Å²) in [5.74, 6) is 0.0835. The van der Waals surface area contributed by atoms with Crippen molar-refractivity contribution in [2.45, 2.75) is 13.0 Å². The third-order valence-electron chi connectivity index (χ3n) is 4.96. The van der Waals surface area contributed by atoms with Gasteiger partial charge in [-0.05, 0) is 35.9 Å². The molecule has 0 spiro atoms. The standard InChI is InChI=1S/C23H22N2O5S/c1-28-9-8-21-24-18(14-31-21)16-6-7-20-19(11-16)25(22(26)13-30-20)12-15-4-3-5-17(10-15)23(27)29-2/h3-7,10-11,14H,8-9,12-13H2,1-2H3. The van der Waals surface area contributed by atoms with E-state index in [0.29, 0.717) is 30.2 Å². The number of methoxy groups -OCH3 is 2. The zero-order valence-electron chi connectivity index (χ0n) is 17.3. The highest BCUT2D eigenvalue weighted by atomic mass is 32.1. The Morgan fingerprint density at radius 3 is 2.90 bits per heavy atom. The number of carbonyl (C=O) groups excluding carboxylic acids is 2. The second-order valence-corrected chi connectivity index (χ2v) is 7.95. The molecule has 0 atom stereocenters. The molecule has 0 fully saturated rings. The van der Waals surface area contributed by atoms with Gasteiger partial charge in [-0.1, -0.05) is 12.1 Å². The van der Waals surface area contributed by atoms with Crippen LogP contribution < -0.4 is 9.64 Å². The van der Waals surface area contributed by atoms with Crippen molar-refractivity contribution in [3.8, 4) is 17.0 Å². The van der Waals surface area contributed by atoms with Crippen LogP contribution in [0.15, 0.2) is 47.8 Å². The number of hydrogen-bond donors (Lipinski definition) is 0. The lowest BCUT2D eigenvalue weighted by atomic mass is 10.1. The monoisotopic (exact) mass is 438 g/mol. The van der Waals surface area contributed by atoms with E-state index < -0.39 is 5.97 Å². The van der Waals surface area contributed by atoms with E-state index in [2.05, 4.69) is 4.98 Å². The smallest absolute Gasteiger partial charge is 0.337 e. The summed E-state index contributed by atoms with van der Waals surface area (Å²) in [6.45, 7) is 0.915. The molecule has 0 bridgehead atoms. The zero-order chi connectivity index (χ0) is 21.8. The number of amides is 1. The number of benzene rings is 2. The summed E-state index contributed by atoms with van der Waals surface area (Å²) in [5, 5.41) is 3.00. The molecule has 2 aromatic carbocycles. The number of aromatic nitrogens is 1. The Hall–Kier alpha value is -3.23. The minimum Gasteiger partial charge on any atom is -0.482 e. The maximum Gasteiger partial charge on any atom is 0.337 e. The van der Waals surface area contributed by atoms with Crippen molar-refractivity contribution in [2.75, 3.05) is 32.3 Å². The van der Waals surface area contributed by atoms with E-state index in [0.717, 1.165) is 28.2 Å². The van der Waals surface area contributed by atoms with Gasteiger partial charge in [0.25, 0.3) is 5.91 Å². The van der Waals surface area contributed by atoms with Crippen LogP contribution in [0.5, 0.6) is 5.75 Å². The minimum atomic E-state index is -0.411. The molecule has 0 aliphatic carbocycles. The summed E-state index contributed by atoms with van der Waals surface area (Å²) in [7, 11) is 3.02. The molecule has 0 unspecified atom stereocenters. The largest absolute Gasteiger partial charge is 0.482 e. The normalized spacial score (nSPS) is 13.0. The van der Waals surface area contributed by atoms with Gasteiger partial charge in [0.05, 0.1) is 42.2 Å². The van der Waals surface area contributed by atoms with Gasteiger partial charge in [0.15, 0.2) is 6.61 Å². The summed E-state index contributed by atoms with van der Waals surface area (Å²) in [4.78, 5) is 30.9. The van der Waals surface area contributed by atoms with Gasteiger partial charge in [-0.2, -0.15) is 0 Å². The predicted molar refractivity (Wildman–Crippen MR) is 118 cm³/mol. The number of ether oxygens (including phenoxy) is 3. The fourth-order valence-corrected chi connectivity index (χ4v) is 4.17. The van der Waals surface area contributed by atoms with Crippen molar-refractivity contribution in [3.05, 3.63) is 64.0 Å². The molecule has 2 heterocycles. The van der Waals surface area contributed by atoms with Gasteiger partial charge >= 0.3 is 5.97 Å². The highest BCUT2D eigenvalue weighted by Crippen LogP contribution is 2.37. The van der Waals surface area contributed by atoms with E-state index in [9.17, 15) is 9.59 Å². The molecule has 1 amide bonds. The van der Waals surface area contributed by atoms with Gasteiger partial charge in [0, 0.05) is 24.5 Å². The summed E-state index contributed by atoms with van der Waals surface area (Å²) in [6, 6.07) is 12.8. The Bertz CT molecular complexity index is 1110. The van der Waals surface area contributed by atoms with Crippen molar-refractivity contribution in [1.29, 1.82) is 0 Å². The number of rotatable bonds is 7. The molecule has 1 aliphatic heterocycles. The molecular formula is C23H22N2O5S. The maximum atomic E-state index is 12.7. The Balaban J connectivity index is 1.63. The summed E-state index contributed by atoms with van der Waals surface area (Å²) in [5.41, 5.74) is 3.71. The number of hydrogen-bond acceptors (Lipinski definition) is 7. The van der Waals surface area contributed by atoms with E-state index in [1.54, 1.807) is 41.5 Å². The molecular weight excluding hydrogens is 416 g/mol. The summed E-state index contributed by atoms with van der Waals surface area (Å²) >= 11 is 1.59. The first-order chi connectivity index (χ1) is 15.1. The second-order valence-electron chi connectivity index (χ2n) is 7.01. The minimum absolute atomic E-state index is 0.0269. The van der Waals surface area contributed by atoms with Gasteiger partial charge in [0.1, 0.15) is 5.75 Å². The number of esters is 1. The average molecular weight is 439 g/mol. The number of fused-ring (bicyclic) bond motifs is 1. The Kier molecular flexibility index (Phi) is 6.29. The highest BCUT2D eigenvalue weighted by molar-refractivity contribution is 7.09. The van der Waals surface area contributed by atoms with Crippen LogP contribution >= 0.6 is 11.3 Å². The molecule has 4 rings (SSSR count). The molecule has 31 heavy (non-hydrogen) atoms. The first kappa shape index (κ1) is 21.0. The lowest BCUT2D eigenvalue weighted by Gasteiger charge is -2.30. The molecule has 0 N–H and O–H groups in total. The van der Waals surface area contributed by atoms with Gasteiger partial charge < -0.3 is 19.1 Å². The molecule has 0 radical (unpaired) electrons. The van der Waals surface area contributed by atoms with Crippen LogP contribution in [0, 0.1) is 0 Å². The predicted octanol–water partition coefficient (Wildman–Crippen LogP) is 3.71. The van der Waals surface area contributed by atoms with Gasteiger partial charge in [-0.25, -0.2) is 9.78 Å². The quantitative estimate of drug-likeness (QED) is 0.524. The van der Waals surface area contributed by atoms with Crippen LogP contribution in [0.2, 0.25) is 0 Å². The van der Waals surface area contributed by atoms with Crippen LogP contribution in [0.4, 0.5) is 5.69 Å².